The molecule has 0 aliphatic heterocycles. The normalized spacial score (nSPS) is 10.1. The van der Waals surface area contributed by atoms with Gasteiger partial charge in [-0.05, 0) is 48.9 Å². The number of benzene rings is 2. The van der Waals surface area contributed by atoms with Crippen LogP contribution in [0, 0.1) is 12.3 Å². The Kier molecular flexibility index (Phi) is 3.53. The topological polar surface area (TPSA) is 59.1 Å². The quantitative estimate of drug-likeness (QED) is 0.653. The Morgan fingerprint density at radius 2 is 1.83 bits per heavy atom. The van der Waals surface area contributed by atoms with E-state index in [1.54, 1.807) is 30.3 Å². The fourth-order valence-corrected chi connectivity index (χ4v) is 1.68. The largest absolute Gasteiger partial charge is 0.457 e. The number of nitrogens with two attached hydrogens (primary N) is 1. The van der Waals surface area contributed by atoms with Crippen LogP contribution in [0.15, 0.2) is 42.5 Å². The molecule has 92 valence electrons. The Hall–Kier alpha value is -2.00. The zero-order valence-electron chi connectivity index (χ0n) is 9.91. The van der Waals surface area contributed by atoms with Gasteiger partial charge in [-0.2, -0.15) is 0 Å². The number of rotatable bonds is 3. The molecule has 3 N–H and O–H groups in total. The highest BCUT2D eigenvalue weighted by Gasteiger charge is 2.03. The molecule has 0 fully saturated rings. The molecule has 0 aromatic heterocycles. The number of aryl methyl sites for hydroxylation is 1. The third kappa shape index (κ3) is 2.81. The van der Waals surface area contributed by atoms with E-state index in [2.05, 4.69) is 0 Å². The van der Waals surface area contributed by atoms with Gasteiger partial charge < -0.3 is 10.5 Å². The molecule has 0 bridgehead atoms. The highest BCUT2D eigenvalue weighted by Crippen LogP contribution is 2.27. The van der Waals surface area contributed by atoms with E-state index in [0.717, 1.165) is 11.3 Å². The molecule has 2 aromatic rings. The SMILES string of the molecule is Cc1ccc(Cl)cc1Oc1ccc(C(=N)N)cc1. The van der Waals surface area contributed by atoms with E-state index in [1.807, 2.05) is 19.1 Å². The molecule has 0 amide bonds. The van der Waals surface area contributed by atoms with Crippen molar-refractivity contribution in [1.29, 1.82) is 5.41 Å². The number of hydrogen-bond donors (Lipinski definition) is 2. The van der Waals surface area contributed by atoms with Crippen molar-refractivity contribution in [2.24, 2.45) is 5.73 Å². The maximum absolute atomic E-state index is 7.31. The number of ether oxygens (including phenoxy) is 1. The van der Waals surface area contributed by atoms with Crippen LogP contribution in [0.1, 0.15) is 11.1 Å². The van der Waals surface area contributed by atoms with Crippen LogP contribution in [0.25, 0.3) is 0 Å². The first kappa shape index (κ1) is 12.5. The van der Waals surface area contributed by atoms with E-state index in [1.165, 1.54) is 0 Å². The molecule has 0 aliphatic carbocycles. The van der Waals surface area contributed by atoms with Gasteiger partial charge in [0.2, 0.25) is 0 Å². The molecule has 0 saturated heterocycles. The van der Waals surface area contributed by atoms with Crippen LogP contribution in [0.4, 0.5) is 0 Å². The van der Waals surface area contributed by atoms with Gasteiger partial charge in [0.05, 0.1) is 0 Å². The molecule has 2 rings (SSSR count). The Balaban J connectivity index is 2.23. The fourth-order valence-electron chi connectivity index (χ4n) is 1.51. The third-order valence-electron chi connectivity index (χ3n) is 2.54. The third-order valence-corrected chi connectivity index (χ3v) is 2.78. The van der Waals surface area contributed by atoms with E-state index >= 15 is 0 Å². The summed E-state index contributed by atoms with van der Waals surface area (Å²) in [6, 6.07) is 12.5. The second-order valence-electron chi connectivity index (χ2n) is 3.95. The van der Waals surface area contributed by atoms with Crippen molar-refractivity contribution < 1.29 is 4.74 Å². The summed E-state index contributed by atoms with van der Waals surface area (Å²) in [5.74, 6) is 1.45. The molecule has 0 saturated carbocycles. The summed E-state index contributed by atoms with van der Waals surface area (Å²) in [7, 11) is 0. The number of nitrogen functional groups attached to an aromatic ring is 1. The van der Waals surface area contributed by atoms with Gasteiger partial charge in [0.25, 0.3) is 0 Å². The monoisotopic (exact) mass is 260 g/mol. The second kappa shape index (κ2) is 5.10. The molecule has 0 aliphatic rings. The second-order valence-corrected chi connectivity index (χ2v) is 4.39. The standard InChI is InChI=1S/C14H13ClN2O/c1-9-2-5-11(15)8-13(9)18-12-6-3-10(4-7-12)14(16)17/h2-8H,1H3,(H3,16,17). The Labute approximate surface area is 111 Å². The fraction of sp³-hybridized carbons (Fsp3) is 0.0714. The first-order chi connectivity index (χ1) is 8.56. The molecule has 0 spiro atoms. The maximum atomic E-state index is 7.31. The van der Waals surface area contributed by atoms with Crippen molar-refractivity contribution >= 4 is 17.4 Å². The van der Waals surface area contributed by atoms with Crippen LogP contribution in [-0.2, 0) is 0 Å². The summed E-state index contributed by atoms with van der Waals surface area (Å²) < 4.78 is 5.73. The van der Waals surface area contributed by atoms with Gasteiger partial charge in [-0.25, -0.2) is 0 Å². The van der Waals surface area contributed by atoms with Crippen LogP contribution in [0.3, 0.4) is 0 Å². The maximum Gasteiger partial charge on any atom is 0.131 e. The number of halogens is 1. The molecule has 0 radical (unpaired) electrons. The minimum Gasteiger partial charge on any atom is -0.457 e. The molecule has 0 unspecified atom stereocenters. The van der Waals surface area contributed by atoms with Crippen LogP contribution in [0.5, 0.6) is 11.5 Å². The zero-order valence-corrected chi connectivity index (χ0v) is 10.7. The average Bonchev–Trinajstić information content (AvgIpc) is 2.34. The van der Waals surface area contributed by atoms with Gasteiger partial charge in [-0.1, -0.05) is 17.7 Å². The summed E-state index contributed by atoms with van der Waals surface area (Å²) in [5.41, 5.74) is 7.07. The van der Waals surface area contributed by atoms with Crippen molar-refractivity contribution in [1.82, 2.24) is 0 Å². The molecule has 4 heteroatoms. The summed E-state index contributed by atoms with van der Waals surface area (Å²) in [6.07, 6.45) is 0. The van der Waals surface area contributed by atoms with Crippen LogP contribution < -0.4 is 10.5 Å². The Bertz CT molecular complexity index is 579. The molecule has 2 aromatic carbocycles. The van der Waals surface area contributed by atoms with Gasteiger partial charge in [-0.15, -0.1) is 0 Å². The molecule has 0 atom stereocenters. The van der Waals surface area contributed by atoms with Crippen LogP contribution in [0.2, 0.25) is 5.02 Å². The van der Waals surface area contributed by atoms with E-state index in [9.17, 15) is 0 Å². The molecular weight excluding hydrogens is 248 g/mol. The van der Waals surface area contributed by atoms with Crippen molar-refractivity contribution in [2.45, 2.75) is 6.92 Å². The van der Waals surface area contributed by atoms with Crippen molar-refractivity contribution in [3.8, 4) is 11.5 Å². The van der Waals surface area contributed by atoms with Crippen molar-refractivity contribution in [3.05, 3.63) is 58.6 Å². The van der Waals surface area contributed by atoms with Crippen LogP contribution in [-0.4, -0.2) is 5.84 Å². The molecule has 3 nitrogen and oxygen atoms in total. The predicted molar refractivity (Wildman–Crippen MR) is 73.7 cm³/mol. The number of nitrogens with one attached hydrogen (secondary N) is 1. The van der Waals surface area contributed by atoms with E-state index in [-0.39, 0.29) is 5.84 Å². The van der Waals surface area contributed by atoms with Crippen LogP contribution >= 0.6 is 11.6 Å². The Morgan fingerprint density at radius 3 is 2.44 bits per heavy atom. The van der Waals surface area contributed by atoms with Crippen molar-refractivity contribution in [2.75, 3.05) is 0 Å². The lowest BCUT2D eigenvalue weighted by molar-refractivity contribution is 0.479. The first-order valence-electron chi connectivity index (χ1n) is 5.45. The van der Waals surface area contributed by atoms with E-state index in [0.29, 0.717) is 16.3 Å². The Morgan fingerprint density at radius 1 is 1.17 bits per heavy atom. The first-order valence-corrected chi connectivity index (χ1v) is 5.82. The van der Waals surface area contributed by atoms with Crippen molar-refractivity contribution in [3.63, 3.8) is 0 Å². The minimum atomic E-state index is 0.0421. The average molecular weight is 261 g/mol. The zero-order chi connectivity index (χ0) is 13.1. The predicted octanol–water partition coefficient (Wildman–Crippen LogP) is 3.72. The summed E-state index contributed by atoms with van der Waals surface area (Å²) >= 11 is 5.93. The number of amidine groups is 1. The highest BCUT2D eigenvalue weighted by molar-refractivity contribution is 6.30. The molecular formula is C14H13ClN2O. The van der Waals surface area contributed by atoms with Gasteiger partial charge in [0, 0.05) is 10.6 Å². The van der Waals surface area contributed by atoms with Gasteiger partial charge >= 0.3 is 0 Å². The summed E-state index contributed by atoms with van der Waals surface area (Å²) in [6.45, 7) is 1.95. The summed E-state index contributed by atoms with van der Waals surface area (Å²) in [4.78, 5) is 0. The lowest BCUT2D eigenvalue weighted by atomic mass is 10.2. The molecule has 0 heterocycles. The van der Waals surface area contributed by atoms with Gasteiger partial charge in [0.1, 0.15) is 17.3 Å². The highest BCUT2D eigenvalue weighted by atomic mass is 35.5. The minimum absolute atomic E-state index is 0.0421. The van der Waals surface area contributed by atoms with E-state index in [4.69, 9.17) is 27.5 Å². The van der Waals surface area contributed by atoms with E-state index < -0.39 is 0 Å². The lowest BCUT2D eigenvalue weighted by Gasteiger charge is -2.09. The van der Waals surface area contributed by atoms with Gasteiger partial charge in [0.15, 0.2) is 0 Å². The summed E-state index contributed by atoms with van der Waals surface area (Å²) in [5, 5.41) is 7.94. The molecule has 18 heavy (non-hydrogen) atoms. The smallest absolute Gasteiger partial charge is 0.131 e. The lowest BCUT2D eigenvalue weighted by Crippen LogP contribution is -2.10. The van der Waals surface area contributed by atoms with Gasteiger partial charge in [-0.3, -0.25) is 5.41 Å². The number of hydrogen-bond acceptors (Lipinski definition) is 2.